The van der Waals surface area contributed by atoms with Crippen molar-refractivity contribution in [3.63, 3.8) is 0 Å². The van der Waals surface area contributed by atoms with Crippen molar-refractivity contribution >= 4 is 34.1 Å². The number of para-hydroxylation sites is 1. The van der Waals surface area contributed by atoms with Gasteiger partial charge in [-0.2, -0.15) is 0 Å². The molecule has 0 aliphatic carbocycles. The molecule has 7 nitrogen and oxygen atoms in total. The van der Waals surface area contributed by atoms with E-state index in [0.29, 0.717) is 28.3 Å². The number of amides is 1. The Labute approximate surface area is 222 Å². The third kappa shape index (κ3) is 5.97. The Bertz CT molecular complexity index is 1700. The van der Waals surface area contributed by atoms with E-state index in [0.717, 1.165) is 10.8 Å². The zero-order chi connectivity index (χ0) is 27.4. The number of nitrogens with one attached hydrogen (secondary N) is 1. The van der Waals surface area contributed by atoms with E-state index in [-0.39, 0.29) is 29.4 Å². The van der Waals surface area contributed by atoms with Crippen molar-refractivity contribution < 1.29 is 28.6 Å². The number of aromatic carboxylic acids is 1. The minimum Gasteiger partial charge on any atom is -0.478 e. The average Bonchev–Trinajstić information content (AvgIpc) is 2.94. The lowest BCUT2D eigenvalue weighted by molar-refractivity contribution is -0.115. The molecule has 5 aromatic rings. The van der Waals surface area contributed by atoms with Gasteiger partial charge in [-0.3, -0.25) is 9.59 Å². The third-order valence-corrected chi connectivity index (χ3v) is 6.00. The summed E-state index contributed by atoms with van der Waals surface area (Å²) in [6.45, 7) is 0. The van der Waals surface area contributed by atoms with Gasteiger partial charge in [0.1, 0.15) is 11.6 Å². The summed E-state index contributed by atoms with van der Waals surface area (Å²) in [5.74, 6) is -1.21. The van der Waals surface area contributed by atoms with Crippen LogP contribution in [0.3, 0.4) is 0 Å². The standard InChI is InChI=1S/C31H21FN2O5/c32-24-11-8-20(9-12-24)30(36)23-7-6-22-17-25(13-10-21(22)16-23)39-29-14-5-19(18-33-29)15-28(35)34-27-4-2-1-3-26(27)31(37)38/h1-14,16-18H,15H2,(H,34,35)(H,37,38). The fourth-order valence-electron chi connectivity index (χ4n) is 4.05. The Balaban J connectivity index is 1.23. The van der Waals surface area contributed by atoms with Gasteiger partial charge in [-0.1, -0.05) is 36.4 Å². The molecule has 0 fully saturated rings. The van der Waals surface area contributed by atoms with Gasteiger partial charge in [0, 0.05) is 23.4 Å². The number of carboxylic acids is 1. The number of carbonyl (C=O) groups is 3. The summed E-state index contributed by atoms with van der Waals surface area (Å²) in [4.78, 5) is 40.7. The third-order valence-electron chi connectivity index (χ3n) is 6.00. The summed E-state index contributed by atoms with van der Waals surface area (Å²) in [6, 6.07) is 25.7. The molecule has 4 aromatic carbocycles. The fraction of sp³-hybridized carbons (Fsp3) is 0.0323. The van der Waals surface area contributed by atoms with Crippen LogP contribution in [0.4, 0.5) is 10.1 Å². The molecule has 0 bridgehead atoms. The lowest BCUT2D eigenvalue weighted by atomic mass is 10.00. The molecule has 0 saturated heterocycles. The van der Waals surface area contributed by atoms with Crippen LogP contribution < -0.4 is 10.1 Å². The van der Waals surface area contributed by atoms with Crippen molar-refractivity contribution in [2.75, 3.05) is 5.32 Å². The number of rotatable bonds is 8. The van der Waals surface area contributed by atoms with Gasteiger partial charge in [0.25, 0.3) is 0 Å². The van der Waals surface area contributed by atoms with E-state index in [1.54, 1.807) is 42.5 Å². The van der Waals surface area contributed by atoms with Crippen LogP contribution in [0.25, 0.3) is 10.8 Å². The number of aromatic nitrogens is 1. The summed E-state index contributed by atoms with van der Waals surface area (Å²) in [6.07, 6.45) is 1.53. The number of ketones is 1. The van der Waals surface area contributed by atoms with E-state index in [2.05, 4.69) is 10.3 Å². The van der Waals surface area contributed by atoms with E-state index < -0.39 is 11.8 Å². The van der Waals surface area contributed by atoms with Crippen molar-refractivity contribution in [1.29, 1.82) is 0 Å². The van der Waals surface area contributed by atoms with Crippen LogP contribution >= 0.6 is 0 Å². The van der Waals surface area contributed by atoms with Gasteiger partial charge in [-0.05, 0) is 70.9 Å². The summed E-state index contributed by atoms with van der Waals surface area (Å²) >= 11 is 0. The molecule has 0 radical (unpaired) electrons. The molecular formula is C31H21FN2O5. The highest BCUT2D eigenvalue weighted by atomic mass is 19.1. The molecule has 39 heavy (non-hydrogen) atoms. The van der Waals surface area contributed by atoms with Crippen LogP contribution in [-0.4, -0.2) is 27.8 Å². The summed E-state index contributed by atoms with van der Waals surface area (Å²) in [5.41, 5.74) is 1.78. The molecule has 1 aromatic heterocycles. The minimum absolute atomic E-state index is 0.0101. The van der Waals surface area contributed by atoms with Crippen LogP contribution in [0, 0.1) is 5.82 Å². The number of ether oxygens (including phenoxy) is 1. The van der Waals surface area contributed by atoms with Crippen LogP contribution in [0.1, 0.15) is 31.8 Å². The molecule has 0 aliphatic rings. The van der Waals surface area contributed by atoms with Gasteiger partial charge in [0.2, 0.25) is 11.8 Å². The molecule has 0 atom stereocenters. The molecule has 0 unspecified atom stereocenters. The summed E-state index contributed by atoms with van der Waals surface area (Å²) < 4.78 is 19.0. The Kier molecular flexibility index (Phi) is 7.09. The predicted molar refractivity (Wildman–Crippen MR) is 144 cm³/mol. The van der Waals surface area contributed by atoms with Gasteiger partial charge >= 0.3 is 5.97 Å². The zero-order valence-corrected chi connectivity index (χ0v) is 20.4. The van der Waals surface area contributed by atoms with Gasteiger partial charge < -0.3 is 15.2 Å². The largest absolute Gasteiger partial charge is 0.478 e. The Morgan fingerprint density at radius 3 is 2.28 bits per heavy atom. The number of hydrogen-bond acceptors (Lipinski definition) is 5. The van der Waals surface area contributed by atoms with E-state index in [1.807, 2.05) is 18.2 Å². The molecule has 1 amide bonds. The molecule has 0 saturated carbocycles. The molecule has 192 valence electrons. The van der Waals surface area contributed by atoms with Crippen LogP contribution in [0.15, 0.2) is 103 Å². The number of fused-ring (bicyclic) bond motifs is 1. The first-order valence-electron chi connectivity index (χ1n) is 11.9. The number of carboxylic acid groups (broad SMARTS) is 1. The Morgan fingerprint density at radius 1 is 0.821 bits per heavy atom. The maximum atomic E-state index is 13.2. The first-order chi connectivity index (χ1) is 18.9. The van der Waals surface area contributed by atoms with Gasteiger partial charge in [0.05, 0.1) is 17.7 Å². The summed E-state index contributed by atoms with van der Waals surface area (Å²) in [5, 5.41) is 13.6. The molecule has 2 N–H and O–H groups in total. The second kappa shape index (κ2) is 10.9. The van der Waals surface area contributed by atoms with Crippen LogP contribution in [-0.2, 0) is 11.2 Å². The number of benzene rings is 4. The molecule has 8 heteroatoms. The van der Waals surface area contributed by atoms with Crippen molar-refractivity contribution in [2.24, 2.45) is 0 Å². The molecule has 0 aliphatic heterocycles. The predicted octanol–water partition coefficient (Wildman–Crippen LogP) is 6.28. The van der Waals surface area contributed by atoms with Crippen LogP contribution in [0.5, 0.6) is 11.6 Å². The highest BCUT2D eigenvalue weighted by molar-refractivity contribution is 6.10. The second-order valence-electron chi connectivity index (χ2n) is 8.74. The molecule has 1 heterocycles. The normalized spacial score (nSPS) is 10.7. The number of halogens is 1. The van der Waals surface area contributed by atoms with Gasteiger partial charge in [-0.25, -0.2) is 14.2 Å². The molecular weight excluding hydrogens is 499 g/mol. The van der Waals surface area contributed by atoms with E-state index in [1.165, 1.54) is 42.6 Å². The number of pyridine rings is 1. The number of hydrogen-bond donors (Lipinski definition) is 2. The SMILES string of the molecule is O=C(Cc1ccc(Oc2ccc3cc(C(=O)c4ccc(F)cc4)ccc3c2)nc1)Nc1ccccc1C(=O)O. The lowest BCUT2D eigenvalue weighted by Crippen LogP contribution is -2.16. The van der Waals surface area contributed by atoms with Crippen molar-refractivity contribution in [3.8, 4) is 11.6 Å². The average molecular weight is 521 g/mol. The van der Waals surface area contributed by atoms with Crippen LogP contribution in [0.2, 0.25) is 0 Å². The summed E-state index contributed by atoms with van der Waals surface area (Å²) in [7, 11) is 0. The topological polar surface area (TPSA) is 106 Å². The highest BCUT2D eigenvalue weighted by Gasteiger charge is 2.13. The van der Waals surface area contributed by atoms with Crippen molar-refractivity contribution in [1.82, 2.24) is 4.98 Å². The first-order valence-corrected chi connectivity index (χ1v) is 11.9. The highest BCUT2D eigenvalue weighted by Crippen LogP contribution is 2.26. The number of nitrogens with zero attached hydrogens (tertiary/aromatic N) is 1. The zero-order valence-electron chi connectivity index (χ0n) is 20.4. The molecule has 0 spiro atoms. The molecule has 5 rings (SSSR count). The Morgan fingerprint density at radius 2 is 1.54 bits per heavy atom. The lowest BCUT2D eigenvalue weighted by Gasteiger charge is -2.09. The van der Waals surface area contributed by atoms with Crippen molar-refractivity contribution in [3.05, 3.63) is 131 Å². The Hall–Kier alpha value is -5.37. The second-order valence-corrected chi connectivity index (χ2v) is 8.74. The number of anilines is 1. The quantitative estimate of drug-likeness (QED) is 0.234. The maximum Gasteiger partial charge on any atom is 0.337 e. The van der Waals surface area contributed by atoms with E-state index in [4.69, 9.17) is 4.74 Å². The number of carbonyl (C=O) groups excluding carboxylic acids is 2. The van der Waals surface area contributed by atoms with Crippen molar-refractivity contribution in [2.45, 2.75) is 6.42 Å². The monoisotopic (exact) mass is 520 g/mol. The van der Waals surface area contributed by atoms with Gasteiger partial charge in [0.15, 0.2) is 5.78 Å². The fourth-order valence-corrected chi connectivity index (χ4v) is 4.05. The van der Waals surface area contributed by atoms with E-state index >= 15 is 0 Å². The van der Waals surface area contributed by atoms with Gasteiger partial charge in [-0.15, -0.1) is 0 Å². The smallest absolute Gasteiger partial charge is 0.337 e. The first kappa shape index (κ1) is 25.3. The maximum absolute atomic E-state index is 13.2. The van der Waals surface area contributed by atoms with E-state index in [9.17, 15) is 23.9 Å². The minimum atomic E-state index is -1.12.